The lowest BCUT2D eigenvalue weighted by Crippen LogP contribution is -1.95. The van der Waals surface area contributed by atoms with Crippen LogP contribution in [0.5, 0.6) is 5.75 Å². The fourth-order valence-electron chi connectivity index (χ4n) is 1.78. The maximum Gasteiger partial charge on any atom is 0.124 e. The minimum absolute atomic E-state index is 0.236. The third-order valence-corrected chi connectivity index (χ3v) is 2.93. The lowest BCUT2D eigenvalue weighted by molar-refractivity contribution is 0.474. The molecule has 0 saturated heterocycles. The SMILES string of the molecule is CC(=Nc1cccc(N)c1C)c1ccccc1O. The zero-order valence-corrected chi connectivity index (χ0v) is 10.5. The molecule has 18 heavy (non-hydrogen) atoms. The third-order valence-electron chi connectivity index (χ3n) is 2.93. The van der Waals surface area contributed by atoms with Crippen LogP contribution >= 0.6 is 0 Å². The number of para-hydroxylation sites is 1. The minimum atomic E-state index is 0.236. The number of aliphatic imine (C=N–C) groups is 1. The lowest BCUT2D eigenvalue weighted by Gasteiger charge is -2.07. The van der Waals surface area contributed by atoms with Crippen LogP contribution in [0.3, 0.4) is 0 Å². The van der Waals surface area contributed by atoms with E-state index in [1.54, 1.807) is 12.1 Å². The van der Waals surface area contributed by atoms with E-state index in [1.807, 2.05) is 44.2 Å². The predicted octanol–water partition coefficient (Wildman–Crippen LogP) is 3.42. The first kappa shape index (κ1) is 12.2. The van der Waals surface area contributed by atoms with Crippen molar-refractivity contribution in [3.63, 3.8) is 0 Å². The zero-order valence-electron chi connectivity index (χ0n) is 10.5. The average molecular weight is 240 g/mol. The second-order valence-electron chi connectivity index (χ2n) is 4.21. The molecule has 0 radical (unpaired) electrons. The number of rotatable bonds is 2. The molecule has 0 fully saturated rings. The van der Waals surface area contributed by atoms with E-state index in [2.05, 4.69) is 4.99 Å². The fourth-order valence-corrected chi connectivity index (χ4v) is 1.78. The minimum Gasteiger partial charge on any atom is -0.507 e. The van der Waals surface area contributed by atoms with Crippen molar-refractivity contribution < 1.29 is 5.11 Å². The Morgan fingerprint density at radius 1 is 1.11 bits per heavy atom. The summed E-state index contributed by atoms with van der Waals surface area (Å²) in [4.78, 5) is 4.53. The Hall–Kier alpha value is -2.29. The maximum absolute atomic E-state index is 9.78. The molecule has 2 aromatic rings. The summed E-state index contributed by atoms with van der Waals surface area (Å²) in [6.45, 7) is 3.81. The highest BCUT2D eigenvalue weighted by Gasteiger charge is 2.05. The predicted molar refractivity (Wildman–Crippen MR) is 75.6 cm³/mol. The van der Waals surface area contributed by atoms with Gasteiger partial charge in [-0.1, -0.05) is 18.2 Å². The number of phenolic OH excluding ortho intramolecular Hbond substituents is 1. The first-order valence-corrected chi connectivity index (χ1v) is 5.78. The van der Waals surface area contributed by atoms with Gasteiger partial charge in [0.25, 0.3) is 0 Å². The number of hydrogen-bond acceptors (Lipinski definition) is 3. The summed E-state index contributed by atoms with van der Waals surface area (Å²) >= 11 is 0. The van der Waals surface area contributed by atoms with Crippen molar-refractivity contribution in [2.75, 3.05) is 5.73 Å². The van der Waals surface area contributed by atoms with Crippen LogP contribution in [-0.4, -0.2) is 10.8 Å². The molecule has 3 N–H and O–H groups in total. The third kappa shape index (κ3) is 2.35. The molecular formula is C15H16N2O. The van der Waals surface area contributed by atoms with Gasteiger partial charge in [0, 0.05) is 17.0 Å². The van der Waals surface area contributed by atoms with Crippen molar-refractivity contribution in [3.8, 4) is 5.75 Å². The van der Waals surface area contributed by atoms with E-state index in [9.17, 15) is 5.11 Å². The van der Waals surface area contributed by atoms with Crippen LogP contribution in [-0.2, 0) is 0 Å². The molecule has 0 amide bonds. The summed E-state index contributed by atoms with van der Waals surface area (Å²) in [6, 6.07) is 12.8. The first-order chi connectivity index (χ1) is 8.59. The number of benzene rings is 2. The number of nitrogen functional groups attached to an aromatic ring is 1. The Morgan fingerprint density at radius 2 is 1.83 bits per heavy atom. The smallest absolute Gasteiger partial charge is 0.124 e. The highest BCUT2D eigenvalue weighted by atomic mass is 16.3. The molecule has 0 aliphatic rings. The fraction of sp³-hybridized carbons (Fsp3) is 0.133. The molecule has 2 aromatic carbocycles. The van der Waals surface area contributed by atoms with Crippen molar-refractivity contribution in [1.82, 2.24) is 0 Å². The zero-order chi connectivity index (χ0) is 13.1. The van der Waals surface area contributed by atoms with Crippen molar-refractivity contribution in [2.45, 2.75) is 13.8 Å². The molecule has 0 aliphatic carbocycles. The molecule has 2 rings (SSSR count). The van der Waals surface area contributed by atoms with Crippen molar-refractivity contribution in [3.05, 3.63) is 53.6 Å². The van der Waals surface area contributed by atoms with Gasteiger partial charge in [0.2, 0.25) is 0 Å². The van der Waals surface area contributed by atoms with Crippen molar-refractivity contribution in [2.24, 2.45) is 4.99 Å². The number of phenols is 1. The maximum atomic E-state index is 9.78. The van der Waals surface area contributed by atoms with Gasteiger partial charge in [0.05, 0.1) is 5.69 Å². The highest BCUT2D eigenvalue weighted by molar-refractivity contribution is 6.02. The van der Waals surface area contributed by atoms with Gasteiger partial charge in [-0.05, 0) is 43.7 Å². The quantitative estimate of drug-likeness (QED) is 0.624. The molecule has 0 aliphatic heterocycles. The second kappa shape index (κ2) is 4.92. The van der Waals surface area contributed by atoms with Gasteiger partial charge in [0.1, 0.15) is 5.75 Å². The van der Waals surface area contributed by atoms with Gasteiger partial charge in [-0.25, -0.2) is 0 Å². The molecule has 0 aromatic heterocycles. The molecule has 0 unspecified atom stereocenters. The molecule has 0 spiro atoms. The molecule has 0 atom stereocenters. The van der Waals surface area contributed by atoms with E-state index in [0.717, 1.165) is 28.2 Å². The molecule has 0 heterocycles. The number of nitrogens with two attached hydrogens (primary N) is 1. The standard InChI is InChI=1S/C15H16N2O/c1-10-13(16)7-5-8-14(10)17-11(2)12-6-3-4-9-15(12)18/h3-9,18H,16H2,1-2H3. The van der Waals surface area contributed by atoms with Crippen LogP contribution < -0.4 is 5.73 Å². The molecular weight excluding hydrogens is 224 g/mol. The van der Waals surface area contributed by atoms with E-state index >= 15 is 0 Å². The summed E-state index contributed by atoms with van der Waals surface area (Å²) in [6.07, 6.45) is 0. The average Bonchev–Trinajstić information content (AvgIpc) is 2.35. The summed E-state index contributed by atoms with van der Waals surface area (Å²) in [5.41, 5.74) is 9.85. The monoisotopic (exact) mass is 240 g/mol. The molecule has 0 bridgehead atoms. The van der Waals surface area contributed by atoms with Gasteiger partial charge in [-0.3, -0.25) is 4.99 Å². The van der Waals surface area contributed by atoms with Gasteiger partial charge < -0.3 is 10.8 Å². The first-order valence-electron chi connectivity index (χ1n) is 5.78. The van der Waals surface area contributed by atoms with Gasteiger partial charge >= 0.3 is 0 Å². The van der Waals surface area contributed by atoms with Crippen molar-refractivity contribution >= 4 is 17.1 Å². The lowest BCUT2D eigenvalue weighted by atomic mass is 10.1. The largest absolute Gasteiger partial charge is 0.507 e. The van der Waals surface area contributed by atoms with Crippen LogP contribution in [0.1, 0.15) is 18.1 Å². The summed E-state index contributed by atoms with van der Waals surface area (Å²) in [5, 5.41) is 9.78. The Labute approximate surface area is 107 Å². The summed E-state index contributed by atoms with van der Waals surface area (Å²) in [5.74, 6) is 0.236. The van der Waals surface area contributed by atoms with E-state index in [1.165, 1.54) is 0 Å². The van der Waals surface area contributed by atoms with Crippen LogP contribution in [0, 0.1) is 6.92 Å². The molecule has 3 heteroatoms. The topological polar surface area (TPSA) is 58.6 Å². The Kier molecular flexibility index (Phi) is 3.33. The molecule has 3 nitrogen and oxygen atoms in total. The summed E-state index contributed by atoms with van der Waals surface area (Å²) < 4.78 is 0. The van der Waals surface area contributed by atoms with Gasteiger partial charge in [-0.2, -0.15) is 0 Å². The van der Waals surface area contributed by atoms with E-state index in [-0.39, 0.29) is 5.75 Å². The van der Waals surface area contributed by atoms with E-state index in [0.29, 0.717) is 0 Å². The van der Waals surface area contributed by atoms with Crippen molar-refractivity contribution in [1.29, 1.82) is 0 Å². The Morgan fingerprint density at radius 3 is 2.56 bits per heavy atom. The van der Waals surface area contributed by atoms with Gasteiger partial charge in [0.15, 0.2) is 0 Å². The van der Waals surface area contributed by atoms with Gasteiger partial charge in [-0.15, -0.1) is 0 Å². The van der Waals surface area contributed by atoms with E-state index in [4.69, 9.17) is 5.73 Å². The number of nitrogens with zero attached hydrogens (tertiary/aromatic N) is 1. The van der Waals surface area contributed by atoms with E-state index < -0.39 is 0 Å². The summed E-state index contributed by atoms with van der Waals surface area (Å²) in [7, 11) is 0. The second-order valence-corrected chi connectivity index (χ2v) is 4.21. The van der Waals surface area contributed by atoms with Crippen LogP contribution in [0.15, 0.2) is 47.5 Å². The Bertz CT molecular complexity index is 603. The van der Waals surface area contributed by atoms with Crippen LogP contribution in [0.4, 0.5) is 11.4 Å². The Balaban J connectivity index is 2.45. The number of anilines is 1. The number of aromatic hydroxyl groups is 1. The number of hydrogen-bond donors (Lipinski definition) is 2. The normalized spacial score (nSPS) is 11.6. The molecule has 0 saturated carbocycles. The van der Waals surface area contributed by atoms with Crippen LogP contribution in [0.2, 0.25) is 0 Å². The highest BCUT2D eigenvalue weighted by Crippen LogP contribution is 2.25. The molecule has 92 valence electrons. The van der Waals surface area contributed by atoms with Crippen LogP contribution in [0.25, 0.3) is 0 Å².